The molecule has 0 saturated heterocycles. The number of ether oxygens (including phenoxy) is 2. The van der Waals surface area contributed by atoms with Crippen LogP contribution in [0.2, 0.25) is 0 Å². The average Bonchev–Trinajstić information content (AvgIpc) is 2.61. The Balaban J connectivity index is 1.93. The molecule has 0 saturated carbocycles. The lowest BCUT2D eigenvalue weighted by molar-refractivity contribution is 0.0952. The Kier molecular flexibility index (Phi) is 4.79. The molecule has 0 radical (unpaired) electrons. The van der Waals surface area contributed by atoms with Crippen LogP contribution >= 0.6 is 0 Å². The molecule has 1 amide bonds. The van der Waals surface area contributed by atoms with E-state index in [2.05, 4.69) is 10.3 Å². The molecular formula is C19H20N2O5. The van der Waals surface area contributed by atoms with E-state index < -0.39 is 11.5 Å². The van der Waals surface area contributed by atoms with Crippen molar-refractivity contribution in [2.24, 2.45) is 5.92 Å². The summed E-state index contributed by atoms with van der Waals surface area (Å²) in [5.41, 5.74) is 0.780. The summed E-state index contributed by atoms with van der Waals surface area (Å²) < 4.78 is 10.4. The second kappa shape index (κ2) is 7.03. The number of aromatic amines is 1. The van der Waals surface area contributed by atoms with Crippen LogP contribution < -0.4 is 20.3 Å². The van der Waals surface area contributed by atoms with Gasteiger partial charge in [-0.1, -0.05) is 6.92 Å². The Hall–Kier alpha value is -3.09. The lowest BCUT2D eigenvalue weighted by Crippen LogP contribution is -2.29. The van der Waals surface area contributed by atoms with Gasteiger partial charge in [-0.25, -0.2) is 0 Å². The van der Waals surface area contributed by atoms with Crippen LogP contribution in [0.5, 0.6) is 11.5 Å². The molecule has 0 fully saturated rings. The molecule has 0 unspecified atom stereocenters. The quantitative estimate of drug-likeness (QED) is 0.877. The Morgan fingerprint density at radius 2 is 1.92 bits per heavy atom. The topological polar surface area (TPSA) is 97.5 Å². The Morgan fingerprint density at radius 3 is 2.62 bits per heavy atom. The molecule has 3 rings (SSSR count). The van der Waals surface area contributed by atoms with Crippen molar-refractivity contribution in [3.63, 3.8) is 0 Å². The van der Waals surface area contributed by atoms with E-state index in [1.807, 2.05) is 6.92 Å². The van der Waals surface area contributed by atoms with Gasteiger partial charge in [0.2, 0.25) is 0 Å². The normalized spacial score (nSPS) is 16.0. The second-order valence-electron chi connectivity index (χ2n) is 6.36. The monoisotopic (exact) mass is 356 g/mol. The fraction of sp³-hybridized carbons (Fsp3) is 0.316. The predicted octanol–water partition coefficient (Wildman–Crippen LogP) is 2.41. The fourth-order valence-corrected chi connectivity index (χ4v) is 3.09. The van der Waals surface area contributed by atoms with Gasteiger partial charge in [0.1, 0.15) is 17.1 Å². The third-order valence-electron chi connectivity index (χ3n) is 4.41. The average molecular weight is 356 g/mol. The number of ketones is 1. The highest BCUT2D eigenvalue weighted by molar-refractivity contribution is 6.07. The maximum Gasteiger partial charge on any atom is 0.261 e. The number of aromatic nitrogens is 1. The molecule has 136 valence electrons. The summed E-state index contributed by atoms with van der Waals surface area (Å²) in [6, 6.07) is 6.29. The number of hydrogen-bond donors (Lipinski definition) is 2. The van der Waals surface area contributed by atoms with Gasteiger partial charge in [-0.15, -0.1) is 0 Å². The highest BCUT2D eigenvalue weighted by atomic mass is 16.5. The van der Waals surface area contributed by atoms with Crippen LogP contribution in [0.25, 0.3) is 0 Å². The number of methoxy groups -OCH3 is 2. The highest BCUT2D eigenvalue weighted by Crippen LogP contribution is 2.29. The van der Waals surface area contributed by atoms with Crippen molar-refractivity contribution >= 4 is 17.4 Å². The summed E-state index contributed by atoms with van der Waals surface area (Å²) in [6.07, 6.45) is 1.02. The molecule has 0 bridgehead atoms. The van der Waals surface area contributed by atoms with Crippen LogP contribution in [0.4, 0.5) is 5.69 Å². The lowest BCUT2D eigenvalue weighted by atomic mass is 9.86. The lowest BCUT2D eigenvalue weighted by Gasteiger charge is -2.20. The number of pyridine rings is 1. The van der Waals surface area contributed by atoms with E-state index in [9.17, 15) is 14.4 Å². The molecule has 0 spiro atoms. The van der Waals surface area contributed by atoms with Gasteiger partial charge in [-0.2, -0.15) is 0 Å². The summed E-state index contributed by atoms with van der Waals surface area (Å²) in [5.74, 6) is 0.479. The summed E-state index contributed by atoms with van der Waals surface area (Å²) in [7, 11) is 2.99. The zero-order valence-electron chi connectivity index (χ0n) is 14.8. The van der Waals surface area contributed by atoms with Crippen molar-refractivity contribution < 1.29 is 19.1 Å². The molecule has 0 aliphatic heterocycles. The van der Waals surface area contributed by atoms with Gasteiger partial charge >= 0.3 is 0 Å². The van der Waals surface area contributed by atoms with Gasteiger partial charge in [0.15, 0.2) is 5.78 Å². The number of anilines is 1. The number of fused-ring (bicyclic) bond motifs is 1. The molecule has 1 aliphatic rings. The molecule has 2 N–H and O–H groups in total. The number of nitrogens with one attached hydrogen (secondary N) is 2. The largest absolute Gasteiger partial charge is 0.497 e. The number of amides is 1. The minimum atomic E-state index is -0.607. The second-order valence-corrected chi connectivity index (χ2v) is 6.36. The smallest absolute Gasteiger partial charge is 0.261 e. The first kappa shape index (κ1) is 17.7. The minimum absolute atomic E-state index is 0.0638. The third kappa shape index (κ3) is 3.33. The van der Waals surface area contributed by atoms with Crippen LogP contribution in [-0.4, -0.2) is 30.9 Å². The summed E-state index contributed by atoms with van der Waals surface area (Å²) in [4.78, 5) is 39.8. The van der Waals surface area contributed by atoms with E-state index in [1.165, 1.54) is 20.3 Å². The van der Waals surface area contributed by atoms with Crippen molar-refractivity contribution in [2.75, 3.05) is 19.5 Å². The standard InChI is InChI=1S/C19H20N2O5/c1-10-6-15-12(16(22)7-10)9-13(19(24)21-15)18(23)20-14-5-4-11(25-2)8-17(14)26-3/h4-5,8-10H,6-7H2,1-3H3,(H,20,23)(H,21,24)/t10-/m1/s1. The van der Waals surface area contributed by atoms with Gasteiger partial charge < -0.3 is 19.8 Å². The first-order chi connectivity index (χ1) is 12.4. The number of rotatable bonds is 4. The third-order valence-corrected chi connectivity index (χ3v) is 4.41. The Labute approximate surface area is 150 Å². The summed E-state index contributed by atoms with van der Waals surface area (Å²) >= 11 is 0. The molecule has 1 heterocycles. The van der Waals surface area contributed by atoms with E-state index in [1.54, 1.807) is 18.2 Å². The fourth-order valence-electron chi connectivity index (χ4n) is 3.09. The van der Waals surface area contributed by atoms with Gasteiger partial charge in [0.25, 0.3) is 11.5 Å². The number of benzene rings is 1. The van der Waals surface area contributed by atoms with E-state index in [-0.39, 0.29) is 17.3 Å². The van der Waals surface area contributed by atoms with E-state index in [0.29, 0.717) is 41.3 Å². The van der Waals surface area contributed by atoms with E-state index in [0.717, 1.165) is 0 Å². The van der Waals surface area contributed by atoms with Crippen molar-refractivity contribution in [1.29, 1.82) is 0 Å². The molecule has 7 nitrogen and oxygen atoms in total. The maximum atomic E-state index is 12.6. The zero-order chi connectivity index (χ0) is 18.8. The molecule has 26 heavy (non-hydrogen) atoms. The number of hydrogen-bond acceptors (Lipinski definition) is 5. The summed E-state index contributed by atoms with van der Waals surface area (Å²) in [5, 5.41) is 2.65. The van der Waals surface area contributed by atoms with E-state index in [4.69, 9.17) is 9.47 Å². The molecule has 1 aliphatic carbocycles. The van der Waals surface area contributed by atoms with Gasteiger partial charge in [0.05, 0.1) is 19.9 Å². The van der Waals surface area contributed by atoms with Crippen LogP contribution in [0.1, 0.15) is 39.8 Å². The molecule has 1 aromatic carbocycles. The molecule has 1 atom stereocenters. The molecule has 1 aromatic heterocycles. The van der Waals surface area contributed by atoms with E-state index >= 15 is 0 Å². The molecular weight excluding hydrogens is 336 g/mol. The summed E-state index contributed by atoms with van der Waals surface area (Å²) in [6.45, 7) is 1.95. The SMILES string of the molecule is COc1ccc(NC(=O)c2cc3c([nH]c2=O)C[C@@H](C)CC3=O)c(OC)c1. The Morgan fingerprint density at radius 1 is 1.15 bits per heavy atom. The Bertz CT molecular complexity index is 932. The minimum Gasteiger partial charge on any atom is -0.497 e. The molecule has 2 aromatic rings. The first-order valence-electron chi connectivity index (χ1n) is 8.25. The number of carbonyl (C=O) groups excluding carboxylic acids is 2. The van der Waals surface area contributed by atoms with Gasteiger partial charge in [-0.05, 0) is 30.5 Å². The maximum absolute atomic E-state index is 12.6. The predicted molar refractivity (Wildman–Crippen MR) is 96.4 cm³/mol. The van der Waals surface area contributed by atoms with Crippen LogP contribution in [0, 0.1) is 5.92 Å². The van der Waals surface area contributed by atoms with Crippen LogP contribution in [-0.2, 0) is 6.42 Å². The van der Waals surface area contributed by atoms with Gasteiger partial charge in [0, 0.05) is 23.7 Å². The van der Waals surface area contributed by atoms with Crippen molar-refractivity contribution in [2.45, 2.75) is 19.8 Å². The number of Topliss-reactive ketones (excluding diaryl/α,β-unsaturated/α-hetero) is 1. The highest BCUT2D eigenvalue weighted by Gasteiger charge is 2.26. The van der Waals surface area contributed by atoms with Crippen LogP contribution in [0.15, 0.2) is 29.1 Å². The first-order valence-corrected chi connectivity index (χ1v) is 8.25. The van der Waals surface area contributed by atoms with Crippen molar-refractivity contribution in [3.8, 4) is 11.5 Å². The van der Waals surface area contributed by atoms with Crippen LogP contribution in [0.3, 0.4) is 0 Å². The van der Waals surface area contributed by atoms with Crippen molar-refractivity contribution in [1.82, 2.24) is 4.98 Å². The van der Waals surface area contributed by atoms with Gasteiger partial charge in [-0.3, -0.25) is 14.4 Å². The molecule has 7 heteroatoms. The zero-order valence-corrected chi connectivity index (χ0v) is 14.8. The van der Waals surface area contributed by atoms with Crippen molar-refractivity contribution in [3.05, 3.63) is 51.4 Å². The number of H-pyrrole nitrogens is 1. The number of carbonyl (C=O) groups is 2.